The zero-order valence-corrected chi connectivity index (χ0v) is 18.7. The first-order valence-electron chi connectivity index (χ1n) is 15.1. The van der Waals surface area contributed by atoms with E-state index in [-0.39, 0.29) is 20.1 Å². The summed E-state index contributed by atoms with van der Waals surface area (Å²) < 4.78 is 115. The van der Waals surface area contributed by atoms with Crippen molar-refractivity contribution in [2.45, 2.75) is 25.3 Å². The number of carboxylic acid groups (broad SMARTS) is 2. The summed E-state index contributed by atoms with van der Waals surface area (Å²) in [6.07, 6.45) is -5.70. The average molecular weight is 531 g/mol. The van der Waals surface area contributed by atoms with Crippen LogP contribution in [-0.2, 0) is 16.1 Å². The summed E-state index contributed by atoms with van der Waals surface area (Å²) in [5.41, 5.74) is -2.09. The standard InChI is InChI=1S/C18H16ClFN6S.C4H4O4/c19-18-25-17-15(27-18)16(22-10-23-17)24-13-3-5-26(6-4-13)9-11-1-2-14(20)12(7-11)8-21;5-3(6)1-2-4(7)8/h1-2,7,10,13H,3-6,9H2,(H,22,23,24);1-2H,(H,5,6)(H,7,8)/b;2-1-/i1D,2D,3D2,4D2,7D,9D2,10D,13D;/hD. The molecule has 0 atom stereocenters. The number of piperidine rings is 1. The molecule has 3 heterocycles. The number of carboxylic acids is 2. The summed E-state index contributed by atoms with van der Waals surface area (Å²) >= 11 is 6.67. The first-order chi connectivity index (χ1) is 21.4. The maximum atomic E-state index is 14.3. The van der Waals surface area contributed by atoms with E-state index in [1.165, 1.54) is 6.07 Å². The van der Waals surface area contributed by atoms with Crippen molar-refractivity contribution in [3.05, 3.63) is 58.0 Å². The highest BCUT2D eigenvalue weighted by molar-refractivity contribution is 7.22. The quantitative estimate of drug-likeness (QED) is 0.403. The van der Waals surface area contributed by atoms with Gasteiger partial charge in [0.25, 0.3) is 0 Å². The summed E-state index contributed by atoms with van der Waals surface area (Å²) in [4.78, 5) is 31.0. The van der Waals surface area contributed by atoms with Gasteiger partial charge in [0.05, 0.1) is 11.0 Å². The Morgan fingerprint density at radius 2 is 2.11 bits per heavy atom. The van der Waals surface area contributed by atoms with Gasteiger partial charge in [-0.1, -0.05) is 29.0 Å². The van der Waals surface area contributed by atoms with E-state index in [4.69, 9.17) is 38.3 Å². The Morgan fingerprint density at radius 3 is 2.74 bits per heavy atom. The fourth-order valence-electron chi connectivity index (χ4n) is 2.30. The topological polar surface area (TPSA) is 152 Å². The molecule has 1 aliphatic heterocycles. The van der Waals surface area contributed by atoms with Crippen molar-refractivity contribution in [2.24, 2.45) is 0 Å². The second-order valence-electron chi connectivity index (χ2n) is 6.11. The molecule has 3 N–H and O–H groups in total. The van der Waals surface area contributed by atoms with Gasteiger partial charge in [-0.25, -0.2) is 28.9 Å². The predicted octanol–water partition coefficient (Wildman–Crippen LogP) is 3.54. The molecule has 0 saturated carbocycles. The van der Waals surface area contributed by atoms with Crippen LogP contribution in [0, 0.1) is 17.1 Å². The van der Waals surface area contributed by atoms with Gasteiger partial charge in [0, 0.05) is 46.0 Å². The van der Waals surface area contributed by atoms with Gasteiger partial charge < -0.3 is 15.5 Å². The second-order valence-corrected chi connectivity index (χ2v) is 7.69. The van der Waals surface area contributed by atoms with Gasteiger partial charge in [-0.3, -0.25) is 4.90 Å². The first kappa shape index (κ1) is 14.0. The predicted molar refractivity (Wildman–Crippen MR) is 128 cm³/mol. The van der Waals surface area contributed by atoms with E-state index in [0.717, 1.165) is 11.3 Å². The van der Waals surface area contributed by atoms with Crippen LogP contribution in [0.4, 0.5) is 10.2 Å². The number of anilines is 1. The Balaban J connectivity index is 0.000000665. The van der Waals surface area contributed by atoms with Gasteiger partial charge in [-0.2, -0.15) is 5.26 Å². The molecule has 0 unspecified atom stereocenters. The van der Waals surface area contributed by atoms with Crippen molar-refractivity contribution in [3.63, 3.8) is 0 Å². The van der Waals surface area contributed by atoms with Gasteiger partial charge in [0.1, 0.15) is 30.1 Å². The third kappa shape index (κ3) is 7.68. The molecule has 0 amide bonds. The number of aliphatic carboxylic acids is 2. The largest absolute Gasteiger partial charge is 0.478 e. The first-order valence-corrected chi connectivity index (χ1v) is 10.3. The molecule has 10 nitrogen and oxygen atoms in total. The SMILES string of the molecule is O=C(O)/C=C\C(=O)O.[2H]c1nc(N([2H])C2([2H])C([2H])([2H])CN(C([2H])([2H])c3c([2H])c([2H])c(F)c(C#N)c3[2H])CC2([2H])[2H])c2sc(Cl)nc2n1. The van der Waals surface area contributed by atoms with Crippen LogP contribution in [0.3, 0.4) is 0 Å². The molecule has 0 spiro atoms. The summed E-state index contributed by atoms with van der Waals surface area (Å²) in [6, 6.07) is -5.08. The highest BCUT2D eigenvalue weighted by Gasteiger charge is 2.21. The molecular weight excluding hydrogens is 499 g/mol. The number of thiazole rings is 1. The van der Waals surface area contributed by atoms with Gasteiger partial charge in [-0.05, 0) is 30.4 Å². The molecular formula is C22H20ClFN6O4S. The normalized spacial score (nSPS) is 23.5. The van der Waals surface area contributed by atoms with Crippen LogP contribution < -0.4 is 5.31 Å². The maximum absolute atomic E-state index is 14.3. The van der Waals surface area contributed by atoms with E-state index in [1.807, 2.05) is 0 Å². The molecule has 0 bridgehead atoms. The van der Waals surface area contributed by atoms with Crippen molar-refractivity contribution >= 4 is 51.0 Å². The van der Waals surface area contributed by atoms with Crippen molar-refractivity contribution < 1.29 is 40.7 Å². The molecule has 3 aromatic rings. The molecule has 2 aromatic heterocycles. The smallest absolute Gasteiger partial charge is 0.328 e. The number of aromatic nitrogens is 3. The van der Waals surface area contributed by atoms with Gasteiger partial charge in [0.2, 0.25) is 0 Å². The van der Waals surface area contributed by atoms with Crippen molar-refractivity contribution in [2.75, 3.05) is 18.4 Å². The monoisotopic (exact) mass is 530 g/mol. The summed E-state index contributed by atoms with van der Waals surface area (Å²) in [6.45, 7) is -5.23. The second kappa shape index (κ2) is 12.2. The van der Waals surface area contributed by atoms with E-state index in [2.05, 4.69) is 15.0 Å². The molecule has 0 aliphatic carbocycles. The fraction of sp³-hybridized carbons (Fsp3) is 0.273. The van der Waals surface area contributed by atoms with Crippen LogP contribution >= 0.6 is 22.9 Å². The molecule has 13 heteroatoms. The molecule has 0 radical (unpaired) electrons. The van der Waals surface area contributed by atoms with E-state index in [1.54, 1.807) is 0 Å². The van der Waals surface area contributed by atoms with Crippen molar-refractivity contribution in [1.82, 2.24) is 19.9 Å². The molecule has 1 aromatic carbocycles. The lowest BCUT2D eigenvalue weighted by Crippen LogP contribution is -2.38. The van der Waals surface area contributed by atoms with E-state index < -0.39 is 97.5 Å². The summed E-state index contributed by atoms with van der Waals surface area (Å²) in [5, 5.41) is 25.0. The van der Waals surface area contributed by atoms with Crippen LogP contribution in [0.1, 0.15) is 39.0 Å². The minimum absolute atomic E-state index is 0.0157. The average Bonchev–Trinajstić information content (AvgIpc) is 3.32. The van der Waals surface area contributed by atoms with Gasteiger partial charge in [0.15, 0.2) is 11.5 Å². The van der Waals surface area contributed by atoms with Crippen LogP contribution in [0.2, 0.25) is 5.88 Å². The number of carbonyl (C=O) groups is 2. The maximum Gasteiger partial charge on any atom is 0.328 e. The molecule has 35 heavy (non-hydrogen) atoms. The Hall–Kier alpha value is -3.66. The number of hydrogen-bond donors (Lipinski definition) is 3. The number of hydrogen-bond acceptors (Lipinski definition) is 9. The van der Waals surface area contributed by atoms with E-state index in [9.17, 15) is 19.2 Å². The van der Waals surface area contributed by atoms with Crippen LogP contribution in [-0.4, -0.2) is 61.1 Å². The van der Waals surface area contributed by atoms with Crippen molar-refractivity contribution in [1.29, 1.82) is 5.26 Å². The zero-order valence-electron chi connectivity index (χ0n) is 29.1. The summed E-state index contributed by atoms with van der Waals surface area (Å²) in [5.74, 6) is -4.54. The number of likely N-dealkylation sites (tertiary alicyclic amines) is 1. The third-order valence-corrected chi connectivity index (χ3v) is 4.85. The van der Waals surface area contributed by atoms with Crippen LogP contribution in [0.25, 0.3) is 10.3 Å². The number of rotatable bonds is 6. The molecule has 1 aliphatic rings. The third-order valence-electron chi connectivity index (χ3n) is 3.71. The number of nitrogens with zero attached hydrogens (tertiary/aromatic N) is 5. The number of nitrogens with one attached hydrogen (secondary N) is 1. The van der Waals surface area contributed by atoms with Gasteiger partial charge >= 0.3 is 11.9 Å². The Morgan fingerprint density at radius 1 is 1.43 bits per heavy atom. The molecule has 1 saturated heterocycles. The molecule has 1 fully saturated rings. The Kier molecular flexibility index (Phi) is 4.88. The molecule has 4 rings (SSSR count). The zero-order chi connectivity index (χ0) is 36.0. The number of halogens is 2. The Bertz CT molecular complexity index is 1810. The highest BCUT2D eigenvalue weighted by atomic mass is 35.5. The highest BCUT2D eigenvalue weighted by Crippen LogP contribution is 2.30. The fourth-order valence-corrected chi connectivity index (χ4v) is 3.28. The van der Waals surface area contributed by atoms with Crippen molar-refractivity contribution in [3.8, 4) is 6.07 Å². The lowest BCUT2D eigenvalue weighted by molar-refractivity contribution is -0.134. The number of nitriles is 1. The number of benzene rings is 1. The van der Waals surface area contributed by atoms with Gasteiger partial charge in [-0.15, -0.1) is 0 Å². The summed E-state index contributed by atoms with van der Waals surface area (Å²) in [7, 11) is 0. The van der Waals surface area contributed by atoms with Crippen LogP contribution in [0.15, 0.2) is 36.6 Å². The minimum atomic E-state index is -3.12. The number of fused-ring (bicyclic) bond motifs is 1. The van der Waals surface area contributed by atoms with E-state index in [0.29, 0.717) is 17.1 Å². The molecule has 182 valence electrons. The minimum Gasteiger partial charge on any atom is -0.478 e. The van der Waals surface area contributed by atoms with Crippen LogP contribution in [0.5, 0.6) is 0 Å². The Labute approximate surface area is 225 Å². The lowest BCUT2D eigenvalue weighted by Gasteiger charge is -2.32. The lowest BCUT2D eigenvalue weighted by atomic mass is 10.0. The van der Waals surface area contributed by atoms with E-state index >= 15 is 0 Å².